The molecule has 3 aromatic carbocycles. The Labute approximate surface area is 193 Å². The summed E-state index contributed by atoms with van der Waals surface area (Å²) >= 11 is 0. The van der Waals surface area contributed by atoms with E-state index in [0.717, 1.165) is 23.1 Å². The van der Waals surface area contributed by atoms with Crippen LogP contribution < -0.4 is 10.9 Å². The van der Waals surface area contributed by atoms with Crippen molar-refractivity contribution >= 4 is 5.91 Å². The Morgan fingerprint density at radius 1 is 0.848 bits per heavy atom. The summed E-state index contributed by atoms with van der Waals surface area (Å²) in [6.45, 7) is 2.81. The van der Waals surface area contributed by atoms with Gasteiger partial charge in [0, 0.05) is 25.1 Å². The van der Waals surface area contributed by atoms with E-state index in [-0.39, 0.29) is 11.5 Å². The van der Waals surface area contributed by atoms with E-state index in [9.17, 15) is 9.59 Å². The molecule has 0 aliphatic carbocycles. The highest BCUT2D eigenvalue weighted by atomic mass is 16.2. The maximum Gasteiger partial charge on any atom is 0.273 e. The highest BCUT2D eigenvalue weighted by Crippen LogP contribution is 2.22. The first-order valence-electron chi connectivity index (χ1n) is 11.2. The fraction of sp³-hybridized carbons (Fsp3) is 0.179. The third-order valence-electron chi connectivity index (χ3n) is 5.45. The molecule has 0 bridgehead atoms. The quantitative estimate of drug-likeness (QED) is 0.429. The van der Waals surface area contributed by atoms with Crippen LogP contribution in [0.3, 0.4) is 0 Å². The van der Waals surface area contributed by atoms with E-state index in [4.69, 9.17) is 4.98 Å². The van der Waals surface area contributed by atoms with Gasteiger partial charge in [0.2, 0.25) is 0 Å². The molecule has 1 heterocycles. The lowest BCUT2D eigenvalue weighted by Gasteiger charge is -2.18. The van der Waals surface area contributed by atoms with Crippen molar-refractivity contribution in [3.8, 4) is 11.3 Å². The molecule has 4 aromatic rings. The predicted molar refractivity (Wildman–Crippen MR) is 131 cm³/mol. The van der Waals surface area contributed by atoms with Crippen LogP contribution in [0.1, 0.15) is 40.7 Å². The Kier molecular flexibility index (Phi) is 7.10. The summed E-state index contributed by atoms with van der Waals surface area (Å²) < 4.78 is 1.59. The lowest BCUT2D eigenvalue weighted by molar-refractivity contribution is 0.0940. The van der Waals surface area contributed by atoms with Gasteiger partial charge in [0.25, 0.3) is 11.5 Å². The van der Waals surface area contributed by atoms with Crippen molar-refractivity contribution in [1.29, 1.82) is 0 Å². The molecule has 166 valence electrons. The Morgan fingerprint density at radius 2 is 1.42 bits per heavy atom. The molecule has 0 saturated carbocycles. The maximum absolute atomic E-state index is 13.5. The highest BCUT2D eigenvalue weighted by Gasteiger charge is 2.23. The largest absolute Gasteiger partial charge is 0.347 e. The van der Waals surface area contributed by atoms with Crippen molar-refractivity contribution in [3.05, 3.63) is 124 Å². The minimum absolute atomic E-state index is 0.217. The van der Waals surface area contributed by atoms with Crippen LogP contribution in [0.2, 0.25) is 0 Å². The van der Waals surface area contributed by atoms with Gasteiger partial charge in [-0.2, -0.15) is 0 Å². The van der Waals surface area contributed by atoms with Gasteiger partial charge >= 0.3 is 0 Å². The van der Waals surface area contributed by atoms with Crippen molar-refractivity contribution < 1.29 is 4.79 Å². The van der Waals surface area contributed by atoms with Crippen LogP contribution in [0.25, 0.3) is 11.3 Å². The van der Waals surface area contributed by atoms with Gasteiger partial charge in [-0.25, -0.2) is 4.98 Å². The fourth-order valence-corrected chi connectivity index (χ4v) is 3.85. The number of nitrogens with zero attached hydrogens (tertiary/aromatic N) is 2. The molecular formula is C28H27N3O2. The number of nitrogens with one attached hydrogen (secondary N) is 1. The van der Waals surface area contributed by atoms with Gasteiger partial charge in [-0.05, 0) is 17.5 Å². The number of hydrogen-bond acceptors (Lipinski definition) is 3. The highest BCUT2D eigenvalue weighted by molar-refractivity contribution is 5.98. The van der Waals surface area contributed by atoms with Crippen molar-refractivity contribution in [2.75, 3.05) is 0 Å². The first-order chi connectivity index (χ1) is 16.2. The second-order valence-electron chi connectivity index (χ2n) is 7.91. The Balaban J connectivity index is 1.81. The number of hydrogen-bond donors (Lipinski definition) is 1. The minimum Gasteiger partial charge on any atom is -0.347 e. The fourth-order valence-electron chi connectivity index (χ4n) is 3.85. The maximum atomic E-state index is 13.5. The summed E-state index contributed by atoms with van der Waals surface area (Å²) in [4.78, 5) is 31.6. The zero-order valence-corrected chi connectivity index (χ0v) is 18.7. The van der Waals surface area contributed by atoms with Crippen LogP contribution in [0.4, 0.5) is 0 Å². The number of carbonyl (C=O) groups excluding carboxylic acids is 1. The summed E-state index contributed by atoms with van der Waals surface area (Å²) in [6, 6.07) is 29.1. The third kappa shape index (κ3) is 5.26. The van der Waals surface area contributed by atoms with Gasteiger partial charge in [0.05, 0.1) is 0 Å². The zero-order chi connectivity index (χ0) is 23.0. The van der Waals surface area contributed by atoms with Crippen LogP contribution in [-0.2, 0) is 19.5 Å². The lowest BCUT2D eigenvalue weighted by Crippen LogP contribution is -2.35. The van der Waals surface area contributed by atoms with E-state index in [1.165, 1.54) is 0 Å². The second-order valence-corrected chi connectivity index (χ2v) is 7.91. The van der Waals surface area contributed by atoms with E-state index in [1.807, 2.05) is 97.9 Å². The van der Waals surface area contributed by atoms with Crippen LogP contribution in [0.5, 0.6) is 0 Å². The number of benzene rings is 3. The third-order valence-corrected chi connectivity index (χ3v) is 5.45. The lowest BCUT2D eigenvalue weighted by atomic mass is 10.1. The standard InChI is InChI=1S/C28H27N3O2/c1-2-18-31-26(27(32)29-20-22-14-8-4-9-15-22)25(23-16-10-5-11-17-23)30-24(28(31)33)19-21-12-6-3-7-13-21/h3-17H,2,18-20H2,1H3,(H,29,32). The predicted octanol–water partition coefficient (Wildman–Crippen LogP) is 4.84. The summed E-state index contributed by atoms with van der Waals surface area (Å²) in [7, 11) is 0. The van der Waals surface area contributed by atoms with Crippen LogP contribution in [-0.4, -0.2) is 15.5 Å². The molecule has 0 unspecified atom stereocenters. The Hall–Kier alpha value is -3.99. The van der Waals surface area contributed by atoms with E-state index >= 15 is 0 Å². The van der Waals surface area contributed by atoms with Gasteiger partial charge < -0.3 is 9.88 Å². The second kappa shape index (κ2) is 10.6. The summed E-state index contributed by atoms with van der Waals surface area (Å²) in [6.07, 6.45) is 1.14. The molecule has 5 nitrogen and oxygen atoms in total. The molecule has 0 radical (unpaired) electrons. The molecule has 1 amide bonds. The molecule has 1 aromatic heterocycles. The Morgan fingerprint density at radius 3 is 2.03 bits per heavy atom. The average molecular weight is 438 g/mol. The number of rotatable bonds is 8. The first kappa shape index (κ1) is 22.2. The molecule has 4 rings (SSSR count). The Bertz CT molecular complexity index is 1270. The SMILES string of the molecule is CCCn1c(C(=O)NCc2ccccc2)c(-c2ccccc2)nc(Cc2ccccc2)c1=O. The molecule has 0 saturated heterocycles. The molecule has 0 atom stereocenters. The molecule has 5 heteroatoms. The van der Waals surface area contributed by atoms with E-state index in [2.05, 4.69) is 5.32 Å². The molecule has 33 heavy (non-hydrogen) atoms. The topological polar surface area (TPSA) is 64.0 Å². The average Bonchev–Trinajstić information content (AvgIpc) is 2.86. The molecule has 0 fully saturated rings. The van der Waals surface area contributed by atoms with Crippen LogP contribution in [0.15, 0.2) is 95.8 Å². The molecule has 0 aliphatic rings. The monoisotopic (exact) mass is 437 g/mol. The van der Waals surface area contributed by atoms with Crippen molar-refractivity contribution in [3.63, 3.8) is 0 Å². The normalized spacial score (nSPS) is 10.7. The summed E-state index contributed by atoms with van der Waals surface area (Å²) in [5.41, 5.74) is 3.86. The zero-order valence-electron chi connectivity index (χ0n) is 18.7. The number of carbonyl (C=O) groups is 1. The van der Waals surface area contributed by atoms with E-state index in [1.54, 1.807) is 4.57 Å². The summed E-state index contributed by atoms with van der Waals surface area (Å²) in [5.74, 6) is -0.304. The molecule has 1 N–H and O–H groups in total. The van der Waals surface area contributed by atoms with Gasteiger partial charge in [-0.1, -0.05) is 97.9 Å². The van der Waals surface area contributed by atoms with E-state index < -0.39 is 0 Å². The molecular weight excluding hydrogens is 410 g/mol. The van der Waals surface area contributed by atoms with Crippen LogP contribution in [0, 0.1) is 0 Å². The minimum atomic E-state index is -0.304. The van der Waals surface area contributed by atoms with Gasteiger partial charge in [-0.3, -0.25) is 9.59 Å². The van der Waals surface area contributed by atoms with E-state index in [0.29, 0.717) is 36.6 Å². The van der Waals surface area contributed by atoms with Gasteiger partial charge in [-0.15, -0.1) is 0 Å². The number of amides is 1. The number of aromatic nitrogens is 2. The smallest absolute Gasteiger partial charge is 0.273 e. The van der Waals surface area contributed by atoms with Crippen molar-refractivity contribution in [2.24, 2.45) is 0 Å². The first-order valence-corrected chi connectivity index (χ1v) is 11.2. The summed E-state index contributed by atoms with van der Waals surface area (Å²) in [5, 5.41) is 2.98. The molecule has 0 aliphatic heterocycles. The van der Waals surface area contributed by atoms with Gasteiger partial charge in [0.1, 0.15) is 17.1 Å². The van der Waals surface area contributed by atoms with Crippen molar-refractivity contribution in [1.82, 2.24) is 14.9 Å². The van der Waals surface area contributed by atoms with Crippen molar-refractivity contribution in [2.45, 2.75) is 32.9 Å². The molecule has 0 spiro atoms. The van der Waals surface area contributed by atoms with Gasteiger partial charge in [0.15, 0.2) is 0 Å². The van der Waals surface area contributed by atoms with Crippen LogP contribution >= 0.6 is 0 Å².